The first-order valence-corrected chi connectivity index (χ1v) is 30.8. The van der Waals surface area contributed by atoms with E-state index in [1.807, 2.05) is 6.08 Å². The number of hydrogen-bond acceptors (Lipinski definition) is 5. The lowest BCUT2D eigenvalue weighted by Crippen LogP contribution is -2.45. The van der Waals surface area contributed by atoms with Gasteiger partial charge in [-0.3, -0.25) is 9.59 Å². The summed E-state index contributed by atoms with van der Waals surface area (Å²) >= 11 is 0. The van der Waals surface area contributed by atoms with Crippen molar-refractivity contribution in [3.05, 3.63) is 36.5 Å². The van der Waals surface area contributed by atoms with Gasteiger partial charge in [0.1, 0.15) is 0 Å². The molecule has 69 heavy (non-hydrogen) atoms. The molecule has 0 aliphatic heterocycles. The number of amides is 1. The Morgan fingerprint density at radius 2 is 0.725 bits per heavy atom. The number of aliphatic hydroxyl groups is 2. The van der Waals surface area contributed by atoms with Crippen LogP contribution in [0.15, 0.2) is 36.5 Å². The summed E-state index contributed by atoms with van der Waals surface area (Å²) < 4.78 is 5.47. The zero-order chi connectivity index (χ0) is 50.0. The molecule has 0 rings (SSSR count). The number of ether oxygens (including phenoxy) is 1. The third-order valence-corrected chi connectivity index (χ3v) is 14.2. The van der Waals surface area contributed by atoms with Crippen LogP contribution in [0.25, 0.3) is 0 Å². The number of allylic oxidation sites excluding steroid dienone is 5. The van der Waals surface area contributed by atoms with Crippen LogP contribution in [0.3, 0.4) is 0 Å². The molecule has 0 aliphatic carbocycles. The molecule has 1 amide bonds. The second-order valence-electron chi connectivity index (χ2n) is 21.0. The monoisotopic (exact) mass is 970 g/mol. The summed E-state index contributed by atoms with van der Waals surface area (Å²) in [6.45, 7) is 4.88. The lowest BCUT2D eigenvalue weighted by molar-refractivity contribution is -0.143. The van der Waals surface area contributed by atoms with Crippen LogP contribution in [0.2, 0.25) is 0 Å². The summed E-state index contributed by atoms with van der Waals surface area (Å²) in [5.41, 5.74) is 0. The topological polar surface area (TPSA) is 95.9 Å². The quantitative estimate of drug-likeness (QED) is 0.0321. The fourth-order valence-electron chi connectivity index (χ4n) is 9.43. The van der Waals surface area contributed by atoms with Gasteiger partial charge in [0, 0.05) is 12.8 Å². The van der Waals surface area contributed by atoms with Gasteiger partial charge in [-0.2, -0.15) is 0 Å². The van der Waals surface area contributed by atoms with Gasteiger partial charge in [-0.25, -0.2) is 0 Å². The van der Waals surface area contributed by atoms with Crippen LogP contribution >= 0.6 is 0 Å². The van der Waals surface area contributed by atoms with E-state index in [2.05, 4.69) is 43.5 Å². The molecule has 0 aromatic rings. The molecule has 6 nitrogen and oxygen atoms in total. The minimum Gasteiger partial charge on any atom is -0.466 e. The lowest BCUT2D eigenvalue weighted by Gasteiger charge is -2.20. The highest BCUT2D eigenvalue weighted by atomic mass is 16.5. The molecular weight excluding hydrogens is 851 g/mol. The molecule has 6 heteroatoms. The van der Waals surface area contributed by atoms with Crippen molar-refractivity contribution < 1.29 is 24.5 Å². The van der Waals surface area contributed by atoms with E-state index in [1.165, 1.54) is 257 Å². The van der Waals surface area contributed by atoms with Crippen LogP contribution in [-0.2, 0) is 14.3 Å². The Bertz CT molecular complexity index is 1120. The van der Waals surface area contributed by atoms with E-state index in [0.717, 1.165) is 44.9 Å². The molecule has 406 valence electrons. The minimum absolute atomic E-state index is 0.0133. The largest absolute Gasteiger partial charge is 0.466 e. The van der Waals surface area contributed by atoms with Gasteiger partial charge < -0.3 is 20.3 Å². The molecule has 0 radical (unpaired) electrons. The predicted molar refractivity (Wildman–Crippen MR) is 301 cm³/mol. The van der Waals surface area contributed by atoms with Gasteiger partial charge in [0.2, 0.25) is 5.91 Å². The standard InChI is InChI=1S/C63H119NO5/c1-3-5-7-9-11-13-14-37-41-45-49-53-57-63(68)69-58-54-50-46-42-38-35-33-31-29-27-25-23-21-19-17-15-16-18-20-22-24-26-28-30-32-34-36-40-44-48-52-56-62(67)64-60(59-65)61(66)55-51-47-43-39-12-10-8-6-4-2/h17,19,23,25,51,55,60-61,65-66H,3-16,18,20-22,24,26-50,52-54,56-59H2,1-2H3,(H,64,67)/b19-17-,25-23-,55-51+. The van der Waals surface area contributed by atoms with Crippen molar-refractivity contribution in [2.45, 2.75) is 341 Å². The zero-order valence-electron chi connectivity index (χ0n) is 46.3. The number of rotatable bonds is 57. The van der Waals surface area contributed by atoms with Crippen LogP contribution in [0.4, 0.5) is 0 Å². The number of carbonyl (C=O) groups is 2. The number of unbranched alkanes of at least 4 members (excludes halogenated alkanes) is 42. The first-order valence-electron chi connectivity index (χ1n) is 30.8. The summed E-state index contributed by atoms with van der Waals surface area (Å²) in [7, 11) is 0. The number of aliphatic hydroxyl groups excluding tert-OH is 2. The molecule has 0 heterocycles. The molecule has 0 aromatic heterocycles. The Morgan fingerprint density at radius 3 is 1.10 bits per heavy atom. The highest BCUT2D eigenvalue weighted by molar-refractivity contribution is 5.76. The van der Waals surface area contributed by atoms with E-state index in [-0.39, 0.29) is 18.5 Å². The van der Waals surface area contributed by atoms with Crippen molar-refractivity contribution in [2.24, 2.45) is 0 Å². The number of carbonyl (C=O) groups excluding carboxylic acids is 2. The molecule has 3 N–H and O–H groups in total. The Morgan fingerprint density at radius 1 is 0.406 bits per heavy atom. The van der Waals surface area contributed by atoms with E-state index < -0.39 is 12.1 Å². The molecule has 0 fully saturated rings. The maximum atomic E-state index is 12.4. The molecule has 0 aromatic carbocycles. The highest BCUT2D eigenvalue weighted by Crippen LogP contribution is 2.17. The first kappa shape index (κ1) is 67.1. The van der Waals surface area contributed by atoms with Crippen molar-refractivity contribution in [2.75, 3.05) is 13.2 Å². The molecule has 2 atom stereocenters. The summed E-state index contributed by atoms with van der Waals surface area (Å²) in [5.74, 6) is -0.0563. The zero-order valence-corrected chi connectivity index (χ0v) is 46.3. The Balaban J connectivity index is 3.38. The van der Waals surface area contributed by atoms with Gasteiger partial charge in [-0.1, -0.05) is 288 Å². The van der Waals surface area contributed by atoms with Gasteiger partial charge in [-0.15, -0.1) is 0 Å². The summed E-state index contributed by atoms with van der Waals surface area (Å²) in [6, 6.07) is -0.625. The molecular formula is C63H119NO5. The molecule has 0 bridgehead atoms. The molecule has 2 unspecified atom stereocenters. The van der Waals surface area contributed by atoms with Crippen molar-refractivity contribution in [1.29, 1.82) is 0 Å². The average Bonchev–Trinajstić information content (AvgIpc) is 3.35. The minimum atomic E-state index is -0.841. The van der Waals surface area contributed by atoms with Gasteiger partial charge in [0.25, 0.3) is 0 Å². The molecule has 0 saturated carbocycles. The van der Waals surface area contributed by atoms with Crippen molar-refractivity contribution >= 4 is 11.9 Å². The molecule has 0 saturated heterocycles. The van der Waals surface area contributed by atoms with E-state index in [1.54, 1.807) is 6.08 Å². The maximum Gasteiger partial charge on any atom is 0.305 e. The molecule has 0 spiro atoms. The van der Waals surface area contributed by atoms with E-state index in [0.29, 0.717) is 19.4 Å². The van der Waals surface area contributed by atoms with Crippen molar-refractivity contribution in [1.82, 2.24) is 5.32 Å². The highest BCUT2D eigenvalue weighted by Gasteiger charge is 2.18. The van der Waals surface area contributed by atoms with Crippen LogP contribution in [0.1, 0.15) is 328 Å². The van der Waals surface area contributed by atoms with Crippen molar-refractivity contribution in [3.63, 3.8) is 0 Å². The Labute approximate surface area is 430 Å². The van der Waals surface area contributed by atoms with Gasteiger partial charge in [0.05, 0.1) is 25.4 Å². The number of esters is 1. The predicted octanol–water partition coefficient (Wildman–Crippen LogP) is 19.2. The smallest absolute Gasteiger partial charge is 0.305 e. The fourth-order valence-corrected chi connectivity index (χ4v) is 9.43. The SMILES string of the molecule is CCCCCCCCC/C=C/C(O)C(CO)NC(=O)CCCCCCCCCCCCCCCCC/C=C\C/C=C\CCCCCCCCCCCOC(=O)CCCCCCCCCCCCCC. The van der Waals surface area contributed by atoms with E-state index in [4.69, 9.17) is 4.74 Å². The normalized spacial score (nSPS) is 12.8. The second kappa shape index (κ2) is 58.6. The third kappa shape index (κ3) is 55.2. The third-order valence-electron chi connectivity index (χ3n) is 14.2. The second-order valence-corrected chi connectivity index (χ2v) is 21.0. The summed E-state index contributed by atoms with van der Waals surface area (Å²) in [4.78, 5) is 24.4. The number of hydrogen-bond donors (Lipinski definition) is 3. The maximum absolute atomic E-state index is 12.4. The van der Waals surface area contributed by atoms with E-state index in [9.17, 15) is 19.8 Å². The van der Waals surface area contributed by atoms with Crippen LogP contribution in [-0.4, -0.2) is 47.4 Å². The summed E-state index contributed by atoms with van der Waals surface area (Å²) in [6.07, 6.45) is 73.5. The Kier molecular flexibility index (Phi) is 57.0. The van der Waals surface area contributed by atoms with Gasteiger partial charge >= 0.3 is 5.97 Å². The van der Waals surface area contributed by atoms with Gasteiger partial charge in [0.15, 0.2) is 0 Å². The number of nitrogens with one attached hydrogen (secondary N) is 1. The molecule has 0 aliphatic rings. The Hall–Kier alpha value is -1.92. The van der Waals surface area contributed by atoms with Crippen LogP contribution in [0, 0.1) is 0 Å². The first-order chi connectivity index (χ1) is 34.0. The fraction of sp³-hybridized carbons (Fsp3) is 0.873. The van der Waals surface area contributed by atoms with Crippen LogP contribution < -0.4 is 5.32 Å². The van der Waals surface area contributed by atoms with Crippen molar-refractivity contribution in [3.8, 4) is 0 Å². The van der Waals surface area contributed by atoms with Crippen LogP contribution in [0.5, 0.6) is 0 Å². The van der Waals surface area contributed by atoms with E-state index >= 15 is 0 Å². The summed E-state index contributed by atoms with van der Waals surface area (Å²) in [5, 5.41) is 22.9. The van der Waals surface area contributed by atoms with Gasteiger partial charge in [-0.05, 0) is 64.2 Å². The average molecular weight is 971 g/mol. The lowest BCUT2D eigenvalue weighted by atomic mass is 10.0.